The SMILES string of the molecule is C=CCO[C@H]1O[C@H](CO)[C@@H](O)[C@H](OCCCCCCCCCCCC)[C@H]1OCC[C@H](O)CCCCCCCCCCC. The third-order valence-electron chi connectivity index (χ3n) is 8.39. The molecule has 7 nitrogen and oxygen atoms in total. The summed E-state index contributed by atoms with van der Waals surface area (Å²) in [5, 5.41) is 31.3. The lowest BCUT2D eigenvalue weighted by molar-refractivity contribution is -0.314. The minimum absolute atomic E-state index is 0.255. The van der Waals surface area contributed by atoms with E-state index in [1.165, 1.54) is 96.3 Å². The summed E-state index contributed by atoms with van der Waals surface area (Å²) in [6.45, 7) is 8.95. The highest BCUT2D eigenvalue weighted by molar-refractivity contribution is 4.92. The van der Waals surface area contributed by atoms with E-state index in [2.05, 4.69) is 20.4 Å². The minimum atomic E-state index is -1.03. The molecule has 0 saturated carbocycles. The molecule has 1 saturated heterocycles. The van der Waals surface area contributed by atoms with Gasteiger partial charge in [-0.2, -0.15) is 0 Å². The van der Waals surface area contributed by atoms with E-state index >= 15 is 0 Å². The van der Waals surface area contributed by atoms with Gasteiger partial charge in [-0.15, -0.1) is 6.58 Å². The van der Waals surface area contributed by atoms with Crippen molar-refractivity contribution in [1.29, 1.82) is 0 Å². The lowest BCUT2D eigenvalue weighted by Crippen LogP contribution is -2.61. The molecule has 0 amide bonds. The zero-order chi connectivity index (χ0) is 30.7. The van der Waals surface area contributed by atoms with Crippen LogP contribution in [0.1, 0.15) is 149 Å². The molecule has 0 unspecified atom stereocenters. The molecule has 1 fully saturated rings. The van der Waals surface area contributed by atoms with Crippen LogP contribution in [0.5, 0.6) is 0 Å². The first-order valence-electron chi connectivity index (χ1n) is 17.7. The molecule has 0 spiro atoms. The van der Waals surface area contributed by atoms with Gasteiger partial charge in [0.2, 0.25) is 0 Å². The zero-order valence-electron chi connectivity index (χ0n) is 27.4. The van der Waals surface area contributed by atoms with Gasteiger partial charge in [0, 0.05) is 13.2 Å². The van der Waals surface area contributed by atoms with Crippen LogP contribution in [-0.2, 0) is 18.9 Å². The van der Waals surface area contributed by atoms with E-state index in [1.54, 1.807) is 6.08 Å². The van der Waals surface area contributed by atoms with E-state index in [4.69, 9.17) is 18.9 Å². The van der Waals surface area contributed by atoms with Crippen LogP contribution in [0.3, 0.4) is 0 Å². The van der Waals surface area contributed by atoms with Gasteiger partial charge in [0.05, 0.1) is 19.3 Å². The molecule has 0 bridgehead atoms. The largest absolute Gasteiger partial charge is 0.394 e. The van der Waals surface area contributed by atoms with Crippen LogP contribution in [0.15, 0.2) is 12.7 Å². The summed E-state index contributed by atoms with van der Waals surface area (Å²) in [4.78, 5) is 0. The van der Waals surface area contributed by atoms with Crippen molar-refractivity contribution in [1.82, 2.24) is 0 Å². The van der Waals surface area contributed by atoms with Crippen molar-refractivity contribution < 1.29 is 34.3 Å². The van der Waals surface area contributed by atoms with Crippen molar-refractivity contribution in [2.45, 2.75) is 185 Å². The molecule has 42 heavy (non-hydrogen) atoms. The van der Waals surface area contributed by atoms with Gasteiger partial charge in [-0.3, -0.25) is 0 Å². The molecule has 1 rings (SSSR count). The van der Waals surface area contributed by atoms with Crippen molar-refractivity contribution in [2.75, 3.05) is 26.4 Å². The second kappa shape index (κ2) is 28.0. The van der Waals surface area contributed by atoms with Crippen LogP contribution in [0, 0.1) is 0 Å². The molecule has 250 valence electrons. The molecular weight excluding hydrogens is 532 g/mol. The van der Waals surface area contributed by atoms with Crippen LogP contribution in [0.4, 0.5) is 0 Å². The fraction of sp³-hybridized carbons (Fsp3) is 0.943. The van der Waals surface area contributed by atoms with Crippen molar-refractivity contribution in [3.63, 3.8) is 0 Å². The topological polar surface area (TPSA) is 97.6 Å². The molecule has 6 atom stereocenters. The summed E-state index contributed by atoms with van der Waals surface area (Å²) in [5.74, 6) is 0. The number of aliphatic hydroxyl groups excluding tert-OH is 3. The van der Waals surface area contributed by atoms with Crippen LogP contribution >= 0.6 is 0 Å². The molecule has 7 heteroatoms. The van der Waals surface area contributed by atoms with Crippen LogP contribution < -0.4 is 0 Å². The third kappa shape index (κ3) is 19.0. The van der Waals surface area contributed by atoms with Crippen molar-refractivity contribution in [2.24, 2.45) is 0 Å². The Morgan fingerprint density at radius 3 is 1.69 bits per heavy atom. The Morgan fingerprint density at radius 2 is 1.17 bits per heavy atom. The van der Waals surface area contributed by atoms with Gasteiger partial charge >= 0.3 is 0 Å². The Balaban J connectivity index is 2.43. The molecule has 0 aromatic heterocycles. The van der Waals surface area contributed by atoms with E-state index in [-0.39, 0.29) is 13.2 Å². The predicted octanol–water partition coefficient (Wildman–Crippen LogP) is 7.63. The summed E-state index contributed by atoms with van der Waals surface area (Å²) in [7, 11) is 0. The number of ether oxygens (including phenoxy) is 4. The van der Waals surface area contributed by atoms with Crippen LogP contribution in [0.2, 0.25) is 0 Å². The summed E-state index contributed by atoms with van der Waals surface area (Å²) >= 11 is 0. The molecule has 0 aromatic rings. The third-order valence-corrected chi connectivity index (χ3v) is 8.39. The Kier molecular flexibility index (Phi) is 26.3. The average molecular weight is 601 g/mol. The molecule has 0 aliphatic carbocycles. The number of aliphatic hydroxyl groups is 3. The first kappa shape index (κ1) is 39.5. The summed E-state index contributed by atoms with van der Waals surface area (Å²) in [5.41, 5.74) is 0. The molecule has 3 N–H and O–H groups in total. The van der Waals surface area contributed by atoms with Gasteiger partial charge < -0.3 is 34.3 Å². The van der Waals surface area contributed by atoms with Gasteiger partial charge in [-0.25, -0.2) is 0 Å². The highest BCUT2D eigenvalue weighted by Crippen LogP contribution is 2.28. The Hall–Kier alpha value is -0.540. The van der Waals surface area contributed by atoms with Crippen LogP contribution in [0.25, 0.3) is 0 Å². The zero-order valence-corrected chi connectivity index (χ0v) is 27.4. The maximum absolute atomic E-state index is 10.9. The van der Waals surface area contributed by atoms with E-state index in [0.717, 1.165) is 32.1 Å². The minimum Gasteiger partial charge on any atom is -0.394 e. The first-order valence-corrected chi connectivity index (χ1v) is 17.7. The summed E-state index contributed by atoms with van der Waals surface area (Å²) < 4.78 is 24.0. The lowest BCUT2D eigenvalue weighted by Gasteiger charge is -2.43. The monoisotopic (exact) mass is 600 g/mol. The molecule has 1 heterocycles. The van der Waals surface area contributed by atoms with Gasteiger partial charge in [0.25, 0.3) is 0 Å². The molecule has 0 aromatic carbocycles. The average Bonchev–Trinajstić information content (AvgIpc) is 2.99. The maximum Gasteiger partial charge on any atom is 0.187 e. The first-order chi connectivity index (χ1) is 20.6. The fourth-order valence-electron chi connectivity index (χ4n) is 5.69. The van der Waals surface area contributed by atoms with Crippen molar-refractivity contribution in [3.05, 3.63) is 12.7 Å². The molecule has 1 aliphatic rings. The molecular formula is C35H68O7. The van der Waals surface area contributed by atoms with Crippen molar-refractivity contribution in [3.8, 4) is 0 Å². The normalized spacial score (nSPS) is 23.3. The fourth-order valence-corrected chi connectivity index (χ4v) is 5.69. The lowest BCUT2D eigenvalue weighted by atomic mass is 9.98. The smallest absolute Gasteiger partial charge is 0.187 e. The number of unbranched alkanes of at least 4 members (excludes halogenated alkanes) is 17. The second-order valence-corrected chi connectivity index (χ2v) is 12.3. The quantitative estimate of drug-likeness (QED) is 0.0576. The summed E-state index contributed by atoms with van der Waals surface area (Å²) in [6.07, 6.45) is 22.2. The number of rotatable bonds is 30. The Bertz CT molecular complexity index is 590. The summed E-state index contributed by atoms with van der Waals surface area (Å²) in [6, 6.07) is 0. The maximum atomic E-state index is 10.9. The van der Waals surface area contributed by atoms with Gasteiger partial charge in [-0.1, -0.05) is 135 Å². The van der Waals surface area contributed by atoms with Crippen LogP contribution in [-0.4, -0.2) is 78.6 Å². The Morgan fingerprint density at radius 1 is 0.667 bits per heavy atom. The highest BCUT2D eigenvalue weighted by Gasteiger charge is 2.47. The van der Waals surface area contributed by atoms with E-state index < -0.39 is 36.8 Å². The molecule has 0 radical (unpaired) electrons. The molecule has 1 aliphatic heterocycles. The van der Waals surface area contributed by atoms with Gasteiger partial charge in [-0.05, 0) is 19.3 Å². The van der Waals surface area contributed by atoms with E-state index in [0.29, 0.717) is 19.6 Å². The highest BCUT2D eigenvalue weighted by atomic mass is 16.7. The van der Waals surface area contributed by atoms with Gasteiger partial charge in [0.1, 0.15) is 24.4 Å². The number of hydrogen-bond acceptors (Lipinski definition) is 7. The predicted molar refractivity (Wildman–Crippen MR) is 172 cm³/mol. The van der Waals surface area contributed by atoms with E-state index in [9.17, 15) is 15.3 Å². The number of hydrogen-bond donors (Lipinski definition) is 3. The Labute approximate surface area is 258 Å². The standard InChI is InChI=1S/C35H68O7/c1-4-7-9-11-13-15-17-19-21-23-27-39-33-32(38)31(29-36)42-35(41-26-6-3)34(33)40-28-25-30(37)24-22-20-18-16-14-12-10-8-5-2/h6,30-38H,3-5,7-29H2,1-2H3/t30-,31-,32-,33+,34-,35+/m1/s1. The van der Waals surface area contributed by atoms with Gasteiger partial charge in [0.15, 0.2) is 6.29 Å². The van der Waals surface area contributed by atoms with E-state index in [1.807, 2.05) is 0 Å². The second-order valence-electron chi connectivity index (χ2n) is 12.3. The van der Waals surface area contributed by atoms with Crippen molar-refractivity contribution >= 4 is 0 Å².